The van der Waals surface area contributed by atoms with Crippen LogP contribution < -0.4 is 5.32 Å². The average Bonchev–Trinajstić information content (AvgIpc) is 2.95. The van der Waals surface area contributed by atoms with Gasteiger partial charge in [-0.2, -0.15) is 5.10 Å². The number of rotatable bonds is 5. The van der Waals surface area contributed by atoms with Crippen molar-refractivity contribution < 1.29 is 4.79 Å². The minimum Gasteiger partial charge on any atom is -0.316 e. The first-order valence-corrected chi connectivity index (χ1v) is 6.76. The first-order chi connectivity index (χ1) is 8.54. The lowest BCUT2D eigenvalue weighted by atomic mass is 9.71. The quantitative estimate of drug-likeness (QED) is 0.861. The van der Waals surface area contributed by atoms with Gasteiger partial charge in [-0.3, -0.25) is 9.48 Å². The molecule has 1 aromatic rings. The maximum atomic E-state index is 12.5. The number of hydrogen-bond donors (Lipinski definition) is 1. The van der Waals surface area contributed by atoms with Crippen molar-refractivity contribution in [1.82, 2.24) is 15.1 Å². The molecule has 100 valence electrons. The molecule has 4 heteroatoms. The highest BCUT2D eigenvalue weighted by Crippen LogP contribution is 2.36. The van der Waals surface area contributed by atoms with Gasteiger partial charge in [0.1, 0.15) is 5.78 Å². The van der Waals surface area contributed by atoms with Crippen molar-refractivity contribution >= 4 is 5.78 Å². The van der Waals surface area contributed by atoms with E-state index in [2.05, 4.69) is 24.3 Å². The van der Waals surface area contributed by atoms with Crippen LogP contribution >= 0.6 is 0 Å². The normalized spacial score (nSPS) is 23.8. The molecule has 1 fully saturated rings. The fraction of sp³-hybridized carbons (Fsp3) is 0.714. The van der Waals surface area contributed by atoms with Gasteiger partial charge in [0.2, 0.25) is 0 Å². The van der Waals surface area contributed by atoms with Gasteiger partial charge < -0.3 is 5.32 Å². The summed E-state index contributed by atoms with van der Waals surface area (Å²) in [5, 5.41) is 7.48. The van der Waals surface area contributed by atoms with E-state index in [0.29, 0.717) is 18.1 Å². The van der Waals surface area contributed by atoms with Gasteiger partial charge in [0.05, 0.1) is 6.20 Å². The zero-order chi connectivity index (χ0) is 13.2. The van der Waals surface area contributed by atoms with Gasteiger partial charge in [0, 0.05) is 31.6 Å². The van der Waals surface area contributed by atoms with E-state index in [-0.39, 0.29) is 5.41 Å². The summed E-state index contributed by atoms with van der Waals surface area (Å²) >= 11 is 0. The van der Waals surface area contributed by atoms with Gasteiger partial charge in [-0.15, -0.1) is 0 Å². The van der Waals surface area contributed by atoms with E-state index in [9.17, 15) is 4.79 Å². The number of carbonyl (C=O) groups is 1. The first-order valence-electron chi connectivity index (χ1n) is 6.76. The molecule has 2 heterocycles. The van der Waals surface area contributed by atoms with Gasteiger partial charge in [0.25, 0.3) is 0 Å². The number of aromatic nitrogens is 2. The lowest BCUT2D eigenvalue weighted by molar-refractivity contribution is -0.130. The number of carbonyl (C=O) groups excluding carboxylic acids is 1. The van der Waals surface area contributed by atoms with E-state index in [1.54, 1.807) is 4.68 Å². The van der Waals surface area contributed by atoms with Crippen molar-refractivity contribution in [2.45, 2.75) is 33.1 Å². The van der Waals surface area contributed by atoms with Gasteiger partial charge in [-0.1, -0.05) is 13.8 Å². The van der Waals surface area contributed by atoms with Crippen molar-refractivity contribution in [3.05, 3.63) is 18.0 Å². The van der Waals surface area contributed by atoms with Crippen LogP contribution in [0.1, 0.15) is 32.3 Å². The molecule has 0 aromatic carbocycles. The monoisotopic (exact) mass is 249 g/mol. The molecule has 0 spiro atoms. The summed E-state index contributed by atoms with van der Waals surface area (Å²) in [5.41, 5.74) is 1.01. The van der Waals surface area contributed by atoms with Crippen molar-refractivity contribution in [3.8, 4) is 0 Å². The van der Waals surface area contributed by atoms with Crippen molar-refractivity contribution in [2.75, 3.05) is 13.1 Å². The zero-order valence-corrected chi connectivity index (χ0v) is 11.6. The molecule has 0 bridgehead atoms. The van der Waals surface area contributed by atoms with Crippen LogP contribution in [-0.4, -0.2) is 28.7 Å². The Bertz CT molecular complexity index is 416. The molecule has 1 aromatic heterocycles. The molecule has 1 aliphatic heterocycles. The predicted molar refractivity (Wildman–Crippen MR) is 71.3 cm³/mol. The number of hydrogen-bond acceptors (Lipinski definition) is 3. The summed E-state index contributed by atoms with van der Waals surface area (Å²) in [5.74, 6) is 0.820. The predicted octanol–water partition coefficient (Wildman–Crippen LogP) is 1.56. The molecule has 1 saturated heterocycles. The van der Waals surface area contributed by atoms with E-state index in [1.807, 2.05) is 19.4 Å². The molecular weight excluding hydrogens is 226 g/mol. The maximum absolute atomic E-state index is 12.5. The molecule has 0 amide bonds. The van der Waals surface area contributed by atoms with Gasteiger partial charge in [-0.05, 0) is 30.9 Å². The summed E-state index contributed by atoms with van der Waals surface area (Å²) in [6.07, 6.45) is 6.26. The third kappa shape index (κ3) is 2.48. The first kappa shape index (κ1) is 13.3. The Morgan fingerprint density at radius 1 is 1.61 bits per heavy atom. The second-order valence-corrected chi connectivity index (χ2v) is 5.68. The largest absolute Gasteiger partial charge is 0.316 e. The summed E-state index contributed by atoms with van der Waals surface area (Å²) in [7, 11) is 1.90. The SMILES string of the molecule is CC(C)C1(C(=O)CCc2cnn(C)c2)CCNC1. The van der Waals surface area contributed by atoms with Crippen LogP contribution in [0.2, 0.25) is 0 Å². The minimum absolute atomic E-state index is 0.137. The summed E-state index contributed by atoms with van der Waals surface area (Å²) in [4.78, 5) is 12.5. The highest BCUT2D eigenvalue weighted by Gasteiger charge is 2.42. The molecule has 1 N–H and O–H groups in total. The van der Waals surface area contributed by atoms with Crippen LogP contribution in [-0.2, 0) is 18.3 Å². The van der Waals surface area contributed by atoms with Crippen molar-refractivity contribution in [2.24, 2.45) is 18.4 Å². The molecule has 0 saturated carbocycles. The number of Topliss-reactive ketones (excluding diaryl/α,β-unsaturated/α-hetero) is 1. The van der Waals surface area contributed by atoms with E-state index in [0.717, 1.165) is 31.5 Å². The maximum Gasteiger partial charge on any atom is 0.140 e. The standard InChI is InChI=1S/C14H23N3O/c1-11(2)14(6-7-15-10-14)13(18)5-4-12-8-16-17(3)9-12/h8-9,11,15H,4-7,10H2,1-3H3. The van der Waals surface area contributed by atoms with Gasteiger partial charge >= 0.3 is 0 Å². The Hall–Kier alpha value is -1.16. The van der Waals surface area contributed by atoms with E-state index in [4.69, 9.17) is 0 Å². The molecule has 2 rings (SSSR count). The number of aryl methyl sites for hydroxylation is 2. The molecule has 0 aliphatic carbocycles. The fourth-order valence-electron chi connectivity index (χ4n) is 2.87. The molecule has 0 radical (unpaired) electrons. The van der Waals surface area contributed by atoms with Crippen molar-refractivity contribution in [1.29, 1.82) is 0 Å². The van der Waals surface area contributed by atoms with E-state index >= 15 is 0 Å². The Balaban J connectivity index is 1.98. The van der Waals surface area contributed by atoms with Crippen LogP contribution in [0.4, 0.5) is 0 Å². The smallest absolute Gasteiger partial charge is 0.140 e. The number of nitrogens with one attached hydrogen (secondary N) is 1. The lowest BCUT2D eigenvalue weighted by Gasteiger charge is -2.31. The summed E-state index contributed by atoms with van der Waals surface area (Å²) in [6, 6.07) is 0. The molecule has 1 atom stereocenters. The van der Waals surface area contributed by atoms with Crippen molar-refractivity contribution in [3.63, 3.8) is 0 Å². The van der Waals surface area contributed by atoms with Crippen LogP contribution in [0.25, 0.3) is 0 Å². The van der Waals surface area contributed by atoms with Crippen LogP contribution in [0.3, 0.4) is 0 Å². The van der Waals surface area contributed by atoms with Crippen LogP contribution in [0.15, 0.2) is 12.4 Å². The molecule has 18 heavy (non-hydrogen) atoms. The Morgan fingerprint density at radius 3 is 2.89 bits per heavy atom. The number of ketones is 1. The number of nitrogens with zero attached hydrogens (tertiary/aromatic N) is 2. The van der Waals surface area contributed by atoms with Crippen LogP contribution in [0, 0.1) is 11.3 Å². The summed E-state index contributed by atoms with van der Waals surface area (Å²) in [6.45, 7) is 6.14. The zero-order valence-electron chi connectivity index (χ0n) is 11.6. The average molecular weight is 249 g/mol. The second kappa shape index (κ2) is 5.22. The topological polar surface area (TPSA) is 46.9 Å². The molecule has 4 nitrogen and oxygen atoms in total. The van der Waals surface area contributed by atoms with E-state index < -0.39 is 0 Å². The van der Waals surface area contributed by atoms with Crippen LogP contribution in [0.5, 0.6) is 0 Å². The summed E-state index contributed by atoms with van der Waals surface area (Å²) < 4.78 is 1.79. The fourth-order valence-corrected chi connectivity index (χ4v) is 2.87. The minimum atomic E-state index is -0.137. The second-order valence-electron chi connectivity index (χ2n) is 5.68. The lowest BCUT2D eigenvalue weighted by Crippen LogP contribution is -2.38. The highest BCUT2D eigenvalue weighted by atomic mass is 16.1. The molecule has 1 unspecified atom stereocenters. The van der Waals surface area contributed by atoms with Gasteiger partial charge in [-0.25, -0.2) is 0 Å². The van der Waals surface area contributed by atoms with Gasteiger partial charge in [0.15, 0.2) is 0 Å². The molecule has 1 aliphatic rings. The highest BCUT2D eigenvalue weighted by molar-refractivity contribution is 5.86. The third-order valence-electron chi connectivity index (χ3n) is 4.25. The molecular formula is C14H23N3O. The van der Waals surface area contributed by atoms with E-state index in [1.165, 1.54) is 0 Å². The Kier molecular flexibility index (Phi) is 3.85. The third-order valence-corrected chi connectivity index (χ3v) is 4.25. The Labute approximate surface area is 109 Å². The Morgan fingerprint density at radius 2 is 2.39 bits per heavy atom.